The largest absolute Gasteiger partial charge is 0.464 e. The Morgan fingerprint density at radius 3 is 2.65 bits per heavy atom. The second-order valence-electron chi connectivity index (χ2n) is 5.07. The third kappa shape index (κ3) is 4.50. The molecule has 0 atom stereocenters. The Kier molecular flexibility index (Phi) is 5.28. The second kappa shape index (κ2) is 7.19. The van der Waals surface area contributed by atoms with Crippen LogP contribution in [0.5, 0.6) is 0 Å². The Hall–Kier alpha value is -2.47. The van der Waals surface area contributed by atoms with E-state index in [2.05, 4.69) is 0 Å². The summed E-state index contributed by atoms with van der Waals surface area (Å²) in [7, 11) is 1.61. The van der Waals surface area contributed by atoms with E-state index in [-0.39, 0.29) is 23.8 Å². The minimum atomic E-state index is -0.635. The molecule has 2 rings (SSSR count). The van der Waals surface area contributed by atoms with Crippen LogP contribution in [0.15, 0.2) is 34.7 Å². The number of carbonyl (C=O) groups excluding carboxylic acids is 2. The van der Waals surface area contributed by atoms with Crippen molar-refractivity contribution in [3.05, 3.63) is 52.4 Å². The van der Waals surface area contributed by atoms with Crippen LogP contribution in [0, 0.1) is 6.92 Å². The number of nitrogen functional groups attached to an aromatic ring is 1. The van der Waals surface area contributed by atoms with E-state index >= 15 is 0 Å². The number of esters is 1. The molecule has 0 saturated heterocycles. The number of aryl methyl sites for hydroxylation is 1. The van der Waals surface area contributed by atoms with Gasteiger partial charge in [-0.2, -0.15) is 0 Å². The van der Waals surface area contributed by atoms with Crippen molar-refractivity contribution in [1.82, 2.24) is 4.90 Å². The van der Waals surface area contributed by atoms with E-state index in [0.29, 0.717) is 17.3 Å². The van der Waals surface area contributed by atoms with Gasteiger partial charge in [0.25, 0.3) is 5.91 Å². The maximum absolute atomic E-state index is 12.0. The number of nitrogens with two attached hydrogens (primary N) is 1. The van der Waals surface area contributed by atoms with Crippen molar-refractivity contribution in [3.63, 3.8) is 0 Å². The highest BCUT2D eigenvalue weighted by Crippen LogP contribution is 2.19. The molecule has 23 heavy (non-hydrogen) atoms. The zero-order valence-electron chi connectivity index (χ0n) is 12.8. The summed E-state index contributed by atoms with van der Waals surface area (Å²) in [6.07, 6.45) is 0. The van der Waals surface area contributed by atoms with Crippen LogP contribution in [0.3, 0.4) is 0 Å². The zero-order chi connectivity index (χ0) is 17.0. The number of carbonyl (C=O) groups is 2. The minimum absolute atomic E-state index is 0.240. The highest BCUT2D eigenvalue weighted by Gasteiger charge is 2.15. The molecule has 2 N–H and O–H groups in total. The fraction of sp³-hybridized carbons (Fsp3) is 0.250. The molecule has 7 heteroatoms. The van der Waals surface area contributed by atoms with Gasteiger partial charge in [0.15, 0.2) is 6.61 Å². The van der Waals surface area contributed by atoms with Crippen LogP contribution in [0.25, 0.3) is 0 Å². The van der Waals surface area contributed by atoms with Gasteiger partial charge in [0.05, 0.1) is 22.8 Å². The molecule has 6 nitrogen and oxygen atoms in total. The van der Waals surface area contributed by atoms with Crippen LogP contribution in [-0.2, 0) is 16.1 Å². The van der Waals surface area contributed by atoms with Crippen molar-refractivity contribution in [3.8, 4) is 0 Å². The molecule has 0 spiro atoms. The van der Waals surface area contributed by atoms with Gasteiger partial charge >= 0.3 is 5.97 Å². The number of likely N-dealkylation sites (N-methyl/N-ethyl adjacent to an activating group) is 1. The summed E-state index contributed by atoms with van der Waals surface area (Å²) in [6.45, 7) is 1.76. The first kappa shape index (κ1) is 16.9. The van der Waals surface area contributed by atoms with Crippen molar-refractivity contribution in [2.75, 3.05) is 19.4 Å². The molecule has 0 aliphatic heterocycles. The molecule has 0 aliphatic carbocycles. The number of benzene rings is 1. The molecule has 0 aliphatic rings. The van der Waals surface area contributed by atoms with E-state index in [9.17, 15) is 9.59 Å². The van der Waals surface area contributed by atoms with Crippen LogP contribution in [0.2, 0.25) is 5.02 Å². The number of furan rings is 1. The number of amides is 1. The Morgan fingerprint density at radius 1 is 1.30 bits per heavy atom. The van der Waals surface area contributed by atoms with Crippen molar-refractivity contribution in [1.29, 1.82) is 0 Å². The zero-order valence-corrected chi connectivity index (χ0v) is 13.6. The lowest BCUT2D eigenvalue weighted by Gasteiger charge is -2.15. The number of rotatable bonds is 5. The molecule has 0 radical (unpaired) electrons. The lowest BCUT2D eigenvalue weighted by Crippen LogP contribution is -2.30. The number of anilines is 1. The molecule has 1 aromatic heterocycles. The fourth-order valence-electron chi connectivity index (χ4n) is 1.88. The smallest absolute Gasteiger partial charge is 0.338 e. The highest BCUT2D eigenvalue weighted by atomic mass is 35.5. The topological polar surface area (TPSA) is 85.8 Å². The lowest BCUT2D eigenvalue weighted by atomic mass is 10.2. The number of halogens is 1. The molecule has 1 heterocycles. The summed E-state index contributed by atoms with van der Waals surface area (Å²) >= 11 is 5.79. The fourth-order valence-corrected chi connectivity index (χ4v) is 2.00. The average molecular weight is 337 g/mol. The Balaban J connectivity index is 1.87. The van der Waals surface area contributed by atoms with Crippen molar-refractivity contribution in [2.24, 2.45) is 0 Å². The Morgan fingerprint density at radius 2 is 2.04 bits per heavy atom. The Bertz CT molecular complexity index is 727. The first-order valence-corrected chi connectivity index (χ1v) is 7.26. The molecule has 122 valence electrons. The molecule has 0 bridgehead atoms. The van der Waals surface area contributed by atoms with Gasteiger partial charge in [-0.25, -0.2) is 4.79 Å². The summed E-state index contributed by atoms with van der Waals surface area (Å²) in [5.74, 6) is 0.459. The van der Waals surface area contributed by atoms with Crippen LogP contribution in [-0.4, -0.2) is 30.4 Å². The SMILES string of the molecule is Cc1ccc(CN(C)C(=O)COC(=O)c2ccc(Cl)c(N)c2)o1. The molecule has 1 aromatic carbocycles. The maximum Gasteiger partial charge on any atom is 0.338 e. The van der Waals surface area contributed by atoms with Gasteiger partial charge in [0.1, 0.15) is 11.5 Å². The molecular weight excluding hydrogens is 320 g/mol. The van der Waals surface area contributed by atoms with Crippen LogP contribution in [0.4, 0.5) is 5.69 Å². The Labute approximate surface area is 138 Å². The van der Waals surface area contributed by atoms with Gasteiger partial charge in [-0.05, 0) is 37.3 Å². The molecule has 1 amide bonds. The van der Waals surface area contributed by atoms with Gasteiger partial charge in [0.2, 0.25) is 0 Å². The summed E-state index contributed by atoms with van der Waals surface area (Å²) in [5, 5.41) is 0.353. The standard InChI is InChI=1S/C16H17ClN2O4/c1-10-3-5-12(23-10)8-19(2)15(20)9-22-16(21)11-4-6-13(17)14(18)7-11/h3-7H,8-9,18H2,1-2H3. The third-order valence-corrected chi connectivity index (χ3v) is 3.52. The summed E-state index contributed by atoms with van der Waals surface area (Å²) in [6, 6.07) is 8.01. The number of ether oxygens (including phenoxy) is 1. The van der Waals surface area contributed by atoms with Crippen molar-refractivity contribution in [2.45, 2.75) is 13.5 Å². The monoisotopic (exact) mass is 336 g/mol. The number of hydrogen-bond acceptors (Lipinski definition) is 5. The van der Waals surface area contributed by atoms with Gasteiger partial charge < -0.3 is 19.8 Å². The van der Waals surface area contributed by atoms with E-state index in [1.54, 1.807) is 13.1 Å². The van der Waals surface area contributed by atoms with E-state index in [1.165, 1.54) is 23.1 Å². The molecule has 0 unspecified atom stereocenters. The predicted octanol–water partition coefficient (Wildman–Crippen LogP) is 2.64. The number of nitrogens with zero attached hydrogens (tertiary/aromatic N) is 1. The summed E-state index contributed by atoms with van der Waals surface area (Å²) in [5.41, 5.74) is 6.14. The minimum Gasteiger partial charge on any atom is -0.464 e. The quantitative estimate of drug-likeness (QED) is 0.670. The van der Waals surface area contributed by atoms with E-state index in [4.69, 9.17) is 26.5 Å². The van der Waals surface area contributed by atoms with E-state index in [1.807, 2.05) is 13.0 Å². The first-order valence-electron chi connectivity index (χ1n) is 6.88. The average Bonchev–Trinajstić information content (AvgIpc) is 2.92. The van der Waals surface area contributed by atoms with Crippen LogP contribution >= 0.6 is 11.6 Å². The van der Waals surface area contributed by atoms with Gasteiger partial charge in [-0.3, -0.25) is 4.79 Å². The molecule has 0 saturated carbocycles. The predicted molar refractivity (Wildman–Crippen MR) is 86.1 cm³/mol. The van der Waals surface area contributed by atoms with Crippen LogP contribution in [0.1, 0.15) is 21.9 Å². The van der Waals surface area contributed by atoms with Crippen molar-refractivity contribution >= 4 is 29.2 Å². The van der Waals surface area contributed by atoms with Gasteiger partial charge in [-0.15, -0.1) is 0 Å². The molecule has 2 aromatic rings. The maximum atomic E-state index is 12.0. The lowest BCUT2D eigenvalue weighted by molar-refractivity contribution is -0.134. The normalized spacial score (nSPS) is 10.4. The van der Waals surface area contributed by atoms with Crippen molar-refractivity contribution < 1.29 is 18.7 Å². The second-order valence-corrected chi connectivity index (χ2v) is 5.48. The highest BCUT2D eigenvalue weighted by molar-refractivity contribution is 6.33. The van der Waals surface area contributed by atoms with E-state index < -0.39 is 5.97 Å². The molecule has 0 fully saturated rings. The summed E-state index contributed by atoms with van der Waals surface area (Å²) < 4.78 is 10.4. The number of hydrogen-bond donors (Lipinski definition) is 1. The summed E-state index contributed by atoms with van der Waals surface area (Å²) in [4.78, 5) is 25.3. The molecular formula is C16H17ClN2O4. The third-order valence-electron chi connectivity index (χ3n) is 3.17. The van der Waals surface area contributed by atoms with Crippen LogP contribution < -0.4 is 5.73 Å². The van der Waals surface area contributed by atoms with Gasteiger partial charge in [0, 0.05) is 7.05 Å². The van der Waals surface area contributed by atoms with E-state index in [0.717, 1.165) is 5.76 Å². The first-order chi connectivity index (χ1) is 10.9. The van der Waals surface area contributed by atoms with Gasteiger partial charge in [-0.1, -0.05) is 11.6 Å².